The summed E-state index contributed by atoms with van der Waals surface area (Å²) in [5.74, 6) is 2.61. The van der Waals surface area contributed by atoms with Crippen molar-refractivity contribution in [3.05, 3.63) is 0 Å². The fourth-order valence-electron chi connectivity index (χ4n) is 3.89. The van der Waals surface area contributed by atoms with Crippen molar-refractivity contribution in [2.45, 2.75) is 64.8 Å². The van der Waals surface area contributed by atoms with E-state index in [4.69, 9.17) is 4.74 Å². The number of hydrogen-bond acceptors (Lipinski definition) is 3. The van der Waals surface area contributed by atoms with E-state index in [0.717, 1.165) is 50.3 Å². The fraction of sp³-hybridized carbons (Fsp3) is 0.895. The molecule has 2 fully saturated rings. The molecule has 0 aromatic heterocycles. The summed E-state index contributed by atoms with van der Waals surface area (Å²) in [6, 6.07) is 0.368. The first-order valence-corrected chi connectivity index (χ1v) is 10.0. The molecule has 0 aromatic rings. The normalized spacial score (nSPS) is 24.6. The minimum atomic E-state index is -0.189. The number of hydrogen-bond donors (Lipinski definition) is 2. The number of aliphatic imine (C=N–C) groups is 1. The Morgan fingerprint density at radius 2 is 1.69 bits per heavy atom. The predicted molar refractivity (Wildman–Crippen MR) is 117 cm³/mol. The highest BCUT2D eigenvalue weighted by atomic mass is 127. The van der Waals surface area contributed by atoms with Crippen molar-refractivity contribution in [1.29, 1.82) is 0 Å². The van der Waals surface area contributed by atoms with Gasteiger partial charge < -0.3 is 20.3 Å². The first-order valence-electron chi connectivity index (χ1n) is 10.0. The first kappa shape index (κ1) is 23.3. The van der Waals surface area contributed by atoms with E-state index in [1.165, 1.54) is 32.1 Å². The van der Waals surface area contributed by atoms with Crippen LogP contribution in [0.1, 0.15) is 58.8 Å². The smallest absolute Gasteiger partial charge is 0.409 e. The highest BCUT2D eigenvalue weighted by Gasteiger charge is 2.24. The second-order valence-electron chi connectivity index (χ2n) is 7.35. The number of guanidine groups is 1. The molecule has 152 valence electrons. The summed E-state index contributed by atoms with van der Waals surface area (Å²) in [6.45, 7) is 7.09. The third-order valence-electron chi connectivity index (χ3n) is 5.69. The van der Waals surface area contributed by atoms with Gasteiger partial charge in [0.05, 0.1) is 6.61 Å². The van der Waals surface area contributed by atoms with Crippen molar-refractivity contribution >= 4 is 36.0 Å². The fourth-order valence-corrected chi connectivity index (χ4v) is 3.89. The van der Waals surface area contributed by atoms with Gasteiger partial charge in [-0.25, -0.2) is 4.79 Å². The monoisotopic (exact) mass is 480 g/mol. The van der Waals surface area contributed by atoms with Gasteiger partial charge in [0.2, 0.25) is 0 Å². The van der Waals surface area contributed by atoms with Gasteiger partial charge in [-0.15, -0.1) is 24.0 Å². The molecule has 0 radical (unpaired) electrons. The van der Waals surface area contributed by atoms with Gasteiger partial charge in [0.15, 0.2) is 5.96 Å². The highest BCUT2D eigenvalue weighted by Crippen LogP contribution is 2.30. The Morgan fingerprint density at radius 1 is 1.08 bits per heavy atom. The van der Waals surface area contributed by atoms with Gasteiger partial charge in [0.25, 0.3) is 0 Å². The second kappa shape index (κ2) is 12.6. The molecular formula is C19H37IN4O2. The summed E-state index contributed by atoms with van der Waals surface area (Å²) in [4.78, 5) is 17.9. The van der Waals surface area contributed by atoms with Crippen molar-refractivity contribution in [3.63, 3.8) is 0 Å². The van der Waals surface area contributed by atoms with E-state index in [9.17, 15) is 4.79 Å². The molecular weight excluding hydrogens is 443 g/mol. The summed E-state index contributed by atoms with van der Waals surface area (Å²) < 4.78 is 5.07. The first-order chi connectivity index (χ1) is 12.2. The van der Waals surface area contributed by atoms with Gasteiger partial charge in [0, 0.05) is 32.7 Å². The molecule has 2 N–H and O–H groups in total. The average molecular weight is 480 g/mol. The van der Waals surface area contributed by atoms with Crippen LogP contribution >= 0.6 is 24.0 Å². The van der Waals surface area contributed by atoms with Crippen molar-refractivity contribution in [2.75, 3.05) is 33.3 Å². The van der Waals surface area contributed by atoms with Gasteiger partial charge in [-0.3, -0.25) is 4.99 Å². The zero-order valence-electron chi connectivity index (χ0n) is 16.6. The molecule has 0 spiro atoms. The van der Waals surface area contributed by atoms with Crippen LogP contribution in [0.15, 0.2) is 4.99 Å². The lowest BCUT2D eigenvalue weighted by Gasteiger charge is -2.33. The predicted octanol–water partition coefficient (Wildman–Crippen LogP) is 3.61. The molecule has 1 amide bonds. The molecule has 0 bridgehead atoms. The van der Waals surface area contributed by atoms with E-state index < -0.39 is 0 Å². The van der Waals surface area contributed by atoms with E-state index in [1.54, 1.807) is 4.90 Å². The zero-order chi connectivity index (χ0) is 18.1. The molecule has 0 atom stereocenters. The molecule has 1 saturated carbocycles. The Labute approximate surface area is 175 Å². The number of ether oxygens (including phenoxy) is 1. The molecule has 2 rings (SSSR count). The van der Waals surface area contributed by atoms with Gasteiger partial charge in [-0.2, -0.15) is 0 Å². The zero-order valence-corrected chi connectivity index (χ0v) is 19.0. The molecule has 26 heavy (non-hydrogen) atoms. The van der Waals surface area contributed by atoms with Crippen LogP contribution in [0.4, 0.5) is 4.79 Å². The molecule has 1 aliphatic carbocycles. The Morgan fingerprint density at radius 3 is 2.23 bits per heavy atom. The number of carbonyl (C=O) groups excluding carboxylic acids is 1. The number of halogens is 1. The standard InChI is InChI=1S/C19H36N4O2.HI/c1-4-15-6-8-16(9-7-15)14-21-18(20-3)22-17-10-12-23(13-11-17)19(24)25-5-2;/h15-17H,4-14H2,1-3H3,(H2,20,21,22);1H. The van der Waals surface area contributed by atoms with Crippen molar-refractivity contribution in [3.8, 4) is 0 Å². The maximum absolute atomic E-state index is 11.8. The molecule has 1 aliphatic heterocycles. The van der Waals surface area contributed by atoms with Crippen LogP contribution in [0.25, 0.3) is 0 Å². The van der Waals surface area contributed by atoms with Crippen molar-refractivity contribution in [2.24, 2.45) is 16.8 Å². The van der Waals surface area contributed by atoms with E-state index in [2.05, 4.69) is 22.5 Å². The average Bonchev–Trinajstić information content (AvgIpc) is 2.66. The Hall–Kier alpha value is -0.730. The minimum absolute atomic E-state index is 0. The van der Waals surface area contributed by atoms with Gasteiger partial charge in [-0.1, -0.05) is 26.2 Å². The molecule has 2 aliphatic rings. The maximum Gasteiger partial charge on any atom is 0.409 e. The number of likely N-dealkylation sites (tertiary alicyclic amines) is 1. The summed E-state index contributed by atoms with van der Waals surface area (Å²) in [6.07, 6.45) is 8.42. The lowest BCUT2D eigenvalue weighted by atomic mass is 9.81. The van der Waals surface area contributed by atoms with E-state index >= 15 is 0 Å². The topological polar surface area (TPSA) is 66.0 Å². The quantitative estimate of drug-likeness (QED) is 0.359. The van der Waals surface area contributed by atoms with E-state index in [-0.39, 0.29) is 30.1 Å². The van der Waals surface area contributed by atoms with Crippen LogP contribution in [0.5, 0.6) is 0 Å². The lowest BCUT2D eigenvalue weighted by Crippen LogP contribution is -2.50. The van der Waals surface area contributed by atoms with Gasteiger partial charge >= 0.3 is 6.09 Å². The number of nitrogens with zero attached hydrogens (tertiary/aromatic N) is 2. The molecule has 0 unspecified atom stereocenters. The number of piperidine rings is 1. The van der Waals surface area contributed by atoms with Gasteiger partial charge in [0.1, 0.15) is 0 Å². The molecule has 7 heteroatoms. The second-order valence-corrected chi connectivity index (χ2v) is 7.35. The SMILES string of the molecule is CCOC(=O)N1CCC(NC(=NC)NCC2CCC(CC)CC2)CC1.I. The lowest BCUT2D eigenvalue weighted by molar-refractivity contribution is 0.0963. The van der Waals surface area contributed by atoms with Crippen LogP contribution in [-0.4, -0.2) is 56.3 Å². The van der Waals surface area contributed by atoms with Crippen molar-refractivity contribution in [1.82, 2.24) is 15.5 Å². The molecule has 1 saturated heterocycles. The number of amides is 1. The number of rotatable bonds is 5. The third kappa shape index (κ3) is 7.48. The summed E-state index contributed by atoms with van der Waals surface area (Å²) in [7, 11) is 1.83. The molecule has 1 heterocycles. The van der Waals surface area contributed by atoms with Crippen molar-refractivity contribution < 1.29 is 9.53 Å². The van der Waals surface area contributed by atoms with Crippen LogP contribution < -0.4 is 10.6 Å². The summed E-state index contributed by atoms with van der Waals surface area (Å²) in [5.41, 5.74) is 0. The molecule has 6 nitrogen and oxygen atoms in total. The number of carbonyl (C=O) groups is 1. The third-order valence-corrected chi connectivity index (χ3v) is 5.69. The van der Waals surface area contributed by atoms with E-state index in [1.807, 2.05) is 14.0 Å². The van der Waals surface area contributed by atoms with E-state index in [0.29, 0.717) is 12.6 Å². The highest BCUT2D eigenvalue weighted by molar-refractivity contribution is 14.0. The van der Waals surface area contributed by atoms with Crippen LogP contribution in [-0.2, 0) is 4.74 Å². The Balaban J connectivity index is 0.00000338. The maximum atomic E-state index is 11.8. The molecule has 0 aromatic carbocycles. The summed E-state index contributed by atoms with van der Waals surface area (Å²) >= 11 is 0. The number of nitrogens with one attached hydrogen (secondary N) is 2. The Bertz CT molecular complexity index is 431. The van der Waals surface area contributed by atoms with Crippen LogP contribution in [0.3, 0.4) is 0 Å². The van der Waals surface area contributed by atoms with Crippen LogP contribution in [0.2, 0.25) is 0 Å². The Kier molecular flexibility index (Phi) is 11.3. The summed E-state index contributed by atoms with van der Waals surface area (Å²) in [5, 5.41) is 7.02. The minimum Gasteiger partial charge on any atom is -0.450 e. The van der Waals surface area contributed by atoms with Crippen LogP contribution in [0, 0.1) is 11.8 Å². The largest absolute Gasteiger partial charge is 0.450 e. The van der Waals surface area contributed by atoms with Gasteiger partial charge in [-0.05, 0) is 44.4 Å².